The van der Waals surface area contributed by atoms with Crippen LogP contribution < -0.4 is 9.64 Å². The summed E-state index contributed by atoms with van der Waals surface area (Å²) in [6.07, 6.45) is 0. The van der Waals surface area contributed by atoms with Crippen molar-refractivity contribution in [1.82, 2.24) is 0 Å². The molecule has 0 radical (unpaired) electrons. The highest BCUT2D eigenvalue weighted by molar-refractivity contribution is 6.20. The van der Waals surface area contributed by atoms with Gasteiger partial charge in [-0.1, -0.05) is 224 Å². The minimum Gasteiger partial charge on any atom is -0.454 e. The van der Waals surface area contributed by atoms with Crippen molar-refractivity contribution in [3.63, 3.8) is 0 Å². The molecule has 0 saturated heterocycles. The van der Waals surface area contributed by atoms with Crippen LogP contribution in [0.15, 0.2) is 261 Å². The lowest BCUT2D eigenvalue weighted by Gasteiger charge is -2.37. The summed E-state index contributed by atoms with van der Waals surface area (Å²) in [4.78, 5) is 2.43. The summed E-state index contributed by atoms with van der Waals surface area (Å²) in [5.74, 6) is 1.64. The van der Waals surface area contributed by atoms with E-state index in [0.29, 0.717) is 0 Å². The largest absolute Gasteiger partial charge is 0.454 e. The molecule has 71 heavy (non-hydrogen) atoms. The van der Waals surface area contributed by atoms with Gasteiger partial charge in [0.2, 0.25) is 0 Å². The Kier molecular flexibility index (Phi) is 8.61. The summed E-state index contributed by atoms with van der Waals surface area (Å²) in [6, 6.07) is 96.3. The number of benzene rings is 12. The first kappa shape index (κ1) is 39.7. The van der Waals surface area contributed by atoms with Gasteiger partial charge in [0.25, 0.3) is 0 Å². The number of nitrogens with zero attached hydrogens (tertiary/aromatic N) is 1. The normalized spacial score (nSPS) is 14.4. The van der Waals surface area contributed by atoms with Gasteiger partial charge in [0.1, 0.15) is 5.75 Å². The maximum Gasteiger partial charge on any atom is 0.159 e. The van der Waals surface area contributed by atoms with Gasteiger partial charge in [0.05, 0.1) is 11.1 Å². The van der Waals surface area contributed by atoms with E-state index in [2.05, 4.69) is 266 Å². The fraction of sp³-hybridized carbons (Fsp3) is 0.0145. The van der Waals surface area contributed by atoms with E-state index in [1.54, 1.807) is 0 Å². The molecule has 1 unspecified atom stereocenters. The Hall–Kier alpha value is -9.24. The van der Waals surface area contributed by atoms with E-state index in [4.69, 9.17) is 4.74 Å². The molecule has 0 N–H and O–H groups in total. The number of ether oxygens (including phenoxy) is 1. The Morgan fingerprint density at radius 3 is 1.49 bits per heavy atom. The quantitative estimate of drug-likeness (QED) is 0.163. The van der Waals surface area contributed by atoms with Crippen LogP contribution in [0.3, 0.4) is 0 Å². The molecule has 12 aromatic carbocycles. The summed E-state index contributed by atoms with van der Waals surface area (Å²) < 4.78 is 7.29. The van der Waals surface area contributed by atoms with Gasteiger partial charge in [-0.05, 0) is 136 Å². The Morgan fingerprint density at radius 2 is 0.775 bits per heavy atom. The number of para-hydroxylation sites is 2. The van der Waals surface area contributed by atoms with Gasteiger partial charge in [-0.2, -0.15) is 0 Å². The first-order valence-corrected chi connectivity index (χ1v) is 24.6. The standard InChI is InChI=1S/C69H43NO/c1-2-19-44(20-3-1)45-37-39-46(40-38-45)70(64-35-18-32-59-53-26-7-6-23-50(53)56-28-14-17-36-65(56)71-68(59)64)47-41-42-55-49-22-5-4-21-48(49)54-27-12-15-33-61(54)69(63(55)43-47)62-34-16-13-31-60(62)66-57-29-10-8-24-51(57)52-25-9-11-30-58(52)67(66)69/h1-43H. The number of hydrogen-bond donors (Lipinski definition) is 0. The SMILES string of the molecule is c1ccc(-c2ccc(N(c3ccc4c(c3)C3(c5ccccc5-c5ccccc5-4)c4ccccc4-c4c3c3ccccc3c3ccccc43)c3cccc4c3Oc3ccccc3-c3ccccc3-4)cc2)cc1. The van der Waals surface area contributed by atoms with Crippen molar-refractivity contribution in [2.75, 3.05) is 4.90 Å². The van der Waals surface area contributed by atoms with Crippen molar-refractivity contribution in [1.29, 1.82) is 0 Å². The van der Waals surface area contributed by atoms with Crippen molar-refractivity contribution in [3.8, 4) is 78.3 Å². The van der Waals surface area contributed by atoms with Crippen LogP contribution in [0.4, 0.5) is 17.1 Å². The van der Waals surface area contributed by atoms with E-state index in [-0.39, 0.29) is 0 Å². The lowest BCUT2D eigenvalue weighted by Crippen LogP contribution is -2.30. The molecule has 1 heterocycles. The van der Waals surface area contributed by atoms with Gasteiger partial charge in [-0.15, -0.1) is 0 Å². The van der Waals surface area contributed by atoms with E-state index < -0.39 is 5.41 Å². The van der Waals surface area contributed by atoms with Crippen LogP contribution in [0.2, 0.25) is 0 Å². The van der Waals surface area contributed by atoms with E-state index >= 15 is 0 Å². The third kappa shape index (κ3) is 5.65. The van der Waals surface area contributed by atoms with E-state index in [9.17, 15) is 0 Å². The average molecular weight is 902 g/mol. The van der Waals surface area contributed by atoms with Crippen molar-refractivity contribution in [2.24, 2.45) is 0 Å². The van der Waals surface area contributed by atoms with Crippen LogP contribution in [-0.4, -0.2) is 0 Å². The molecular weight excluding hydrogens is 859 g/mol. The number of hydrogen-bond acceptors (Lipinski definition) is 2. The van der Waals surface area contributed by atoms with Crippen LogP contribution >= 0.6 is 0 Å². The van der Waals surface area contributed by atoms with Gasteiger partial charge >= 0.3 is 0 Å². The van der Waals surface area contributed by atoms with Gasteiger partial charge in [-0.25, -0.2) is 0 Å². The Labute approximate surface area is 413 Å². The molecule has 0 saturated carbocycles. The number of fused-ring (bicyclic) bond motifs is 22. The molecule has 1 aliphatic heterocycles. The molecule has 0 amide bonds. The highest BCUT2D eigenvalue weighted by atomic mass is 16.5. The lowest BCUT2D eigenvalue weighted by atomic mass is 9.64. The molecule has 330 valence electrons. The summed E-state index contributed by atoms with van der Waals surface area (Å²) in [6.45, 7) is 0. The Balaban J connectivity index is 1.08. The van der Waals surface area contributed by atoms with Gasteiger partial charge in [0, 0.05) is 22.5 Å². The van der Waals surface area contributed by atoms with Crippen molar-refractivity contribution >= 4 is 38.6 Å². The molecular formula is C69H43NO. The topological polar surface area (TPSA) is 12.5 Å². The van der Waals surface area contributed by atoms with Crippen molar-refractivity contribution in [3.05, 3.63) is 283 Å². The molecule has 3 aliphatic rings. The maximum absolute atomic E-state index is 7.29. The average Bonchev–Trinajstić information content (AvgIpc) is 3.61. The Bertz CT molecular complexity index is 4150. The van der Waals surface area contributed by atoms with Crippen LogP contribution in [0.25, 0.3) is 88.3 Å². The smallest absolute Gasteiger partial charge is 0.159 e. The molecule has 2 aliphatic carbocycles. The van der Waals surface area contributed by atoms with Crippen LogP contribution in [0, 0.1) is 0 Å². The van der Waals surface area contributed by atoms with Crippen molar-refractivity contribution in [2.45, 2.75) is 5.41 Å². The first-order valence-electron chi connectivity index (χ1n) is 24.6. The maximum atomic E-state index is 7.29. The second-order valence-electron chi connectivity index (χ2n) is 19.0. The van der Waals surface area contributed by atoms with Crippen LogP contribution in [0.5, 0.6) is 11.5 Å². The minimum absolute atomic E-state index is 0.735. The zero-order valence-electron chi connectivity index (χ0n) is 38.7. The zero-order valence-corrected chi connectivity index (χ0v) is 38.7. The third-order valence-corrected chi connectivity index (χ3v) is 15.5. The molecule has 2 heteroatoms. The zero-order chi connectivity index (χ0) is 46.6. The predicted octanol–water partition coefficient (Wildman–Crippen LogP) is 18.6. The van der Waals surface area contributed by atoms with Gasteiger partial charge < -0.3 is 9.64 Å². The minimum atomic E-state index is -0.735. The second-order valence-corrected chi connectivity index (χ2v) is 19.0. The molecule has 12 aromatic rings. The van der Waals surface area contributed by atoms with E-state index in [0.717, 1.165) is 56.4 Å². The number of anilines is 3. The molecule has 0 fully saturated rings. The van der Waals surface area contributed by atoms with E-state index in [1.807, 2.05) is 0 Å². The summed E-state index contributed by atoms with van der Waals surface area (Å²) >= 11 is 0. The molecule has 15 rings (SSSR count). The fourth-order valence-corrected chi connectivity index (χ4v) is 12.6. The molecule has 1 atom stereocenters. The molecule has 0 aromatic heterocycles. The first-order chi connectivity index (χ1) is 35.3. The van der Waals surface area contributed by atoms with Crippen molar-refractivity contribution < 1.29 is 4.74 Å². The predicted molar refractivity (Wildman–Crippen MR) is 294 cm³/mol. The van der Waals surface area contributed by atoms with E-state index in [1.165, 1.54) is 82.7 Å². The third-order valence-electron chi connectivity index (χ3n) is 15.5. The van der Waals surface area contributed by atoms with Gasteiger partial charge in [0.15, 0.2) is 5.75 Å². The second kappa shape index (κ2) is 15.4. The summed E-state index contributed by atoms with van der Waals surface area (Å²) in [5.41, 5.74) is 21.7. The number of rotatable bonds is 4. The fourth-order valence-electron chi connectivity index (χ4n) is 12.6. The van der Waals surface area contributed by atoms with Crippen LogP contribution in [-0.2, 0) is 5.41 Å². The molecule has 1 spiro atoms. The lowest BCUT2D eigenvalue weighted by molar-refractivity contribution is 0.489. The molecule has 2 nitrogen and oxygen atoms in total. The van der Waals surface area contributed by atoms with Gasteiger partial charge in [-0.3, -0.25) is 0 Å². The van der Waals surface area contributed by atoms with Crippen LogP contribution in [0.1, 0.15) is 22.3 Å². The summed E-state index contributed by atoms with van der Waals surface area (Å²) in [5, 5.41) is 5.07. The highest BCUT2D eigenvalue weighted by Crippen LogP contribution is 2.65. The molecule has 0 bridgehead atoms. The highest BCUT2D eigenvalue weighted by Gasteiger charge is 2.51. The Morgan fingerprint density at radius 1 is 0.296 bits per heavy atom. The monoisotopic (exact) mass is 901 g/mol. The summed E-state index contributed by atoms with van der Waals surface area (Å²) in [7, 11) is 0.